The molecule has 0 aliphatic carbocycles. The highest BCUT2D eigenvalue weighted by Gasteiger charge is 2.22. The van der Waals surface area contributed by atoms with Gasteiger partial charge in [0.15, 0.2) is 11.5 Å². The predicted molar refractivity (Wildman–Crippen MR) is 107 cm³/mol. The Bertz CT molecular complexity index is 776. The molecule has 0 unspecified atom stereocenters. The van der Waals surface area contributed by atoms with Crippen molar-refractivity contribution in [1.29, 1.82) is 0 Å². The minimum atomic E-state index is -0.0986. The Morgan fingerprint density at radius 3 is 2.75 bits per heavy atom. The number of amides is 2. The van der Waals surface area contributed by atoms with Gasteiger partial charge >= 0.3 is 6.03 Å². The number of urea groups is 1. The minimum Gasteiger partial charge on any atom is -0.504 e. The van der Waals surface area contributed by atoms with Crippen molar-refractivity contribution < 1.29 is 14.6 Å². The monoisotopic (exact) mass is 384 g/mol. The summed E-state index contributed by atoms with van der Waals surface area (Å²) in [7, 11) is 3.27. The van der Waals surface area contributed by atoms with Crippen molar-refractivity contribution in [3.05, 3.63) is 53.9 Å². The lowest BCUT2D eigenvalue weighted by molar-refractivity contribution is 0.172. The number of carbonyl (C=O) groups is 1. The number of phenolic OH excluding ortho intramolecular Hbond substituents is 1. The Balaban J connectivity index is 1.44. The Hall–Kier alpha value is -2.80. The number of ether oxygens (including phenoxy) is 1. The standard InChI is InChI=1S/C21H28N4O3/c1-24(14-16-6-7-20(28-2)19(26)13-16)21(27)23-17-8-11-25(12-9-17)15-18-5-3-4-10-22-18/h3-7,10,13,17,26H,8-9,11-12,14-15H2,1-2H3,(H,23,27). The highest BCUT2D eigenvalue weighted by atomic mass is 16.5. The molecule has 0 spiro atoms. The van der Waals surface area contributed by atoms with Crippen molar-refractivity contribution in [2.45, 2.75) is 32.0 Å². The number of carbonyl (C=O) groups excluding carboxylic acids is 1. The van der Waals surface area contributed by atoms with Crippen LogP contribution in [0, 0.1) is 0 Å². The van der Waals surface area contributed by atoms with Gasteiger partial charge in [-0.25, -0.2) is 4.79 Å². The van der Waals surface area contributed by atoms with E-state index < -0.39 is 0 Å². The first kappa shape index (κ1) is 19.9. The Labute approximate surface area is 165 Å². The van der Waals surface area contributed by atoms with E-state index in [1.54, 1.807) is 24.1 Å². The SMILES string of the molecule is COc1ccc(CN(C)C(=O)NC2CCN(Cc3ccccn3)CC2)cc1O. The van der Waals surface area contributed by atoms with Crippen LogP contribution in [0.2, 0.25) is 0 Å². The van der Waals surface area contributed by atoms with Gasteiger partial charge in [0.2, 0.25) is 0 Å². The molecule has 7 nitrogen and oxygen atoms in total. The summed E-state index contributed by atoms with van der Waals surface area (Å²) in [5.74, 6) is 0.502. The fourth-order valence-electron chi connectivity index (χ4n) is 3.42. The highest BCUT2D eigenvalue weighted by Crippen LogP contribution is 2.26. The molecule has 28 heavy (non-hydrogen) atoms. The molecule has 7 heteroatoms. The number of aromatic nitrogens is 1. The van der Waals surface area contributed by atoms with Gasteiger partial charge in [-0.05, 0) is 42.7 Å². The lowest BCUT2D eigenvalue weighted by Crippen LogP contribution is -2.48. The molecule has 2 heterocycles. The molecule has 1 saturated heterocycles. The number of aromatic hydroxyl groups is 1. The zero-order valence-electron chi connectivity index (χ0n) is 16.5. The van der Waals surface area contributed by atoms with Crippen molar-refractivity contribution in [2.24, 2.45) is 0 Å². The van der Waals surface area contributed by atoms with Crippen molar-refractivity contribution in [1.82, 2.24) is 20.1 Å². The summed E-state index contributed by atoms with van der Waals surface area (Å²) in [5.41, 5.74) is 1.92. The highest BCUT2D eigenvalue weighted by molar-refractivity contribution is 5.74. The number of benzene rings is 1. The number of methoxy groups -OCH3 is 1. The van der Waals surface area contributed by atoms with Gasteiger partial charge in [0, 0.05) is 45.5 Å². The molecule has 150 valence electrons. The van der Waals surface area contributed by atoms with E-state index in [0.29, 0.717) is 12.3 Å². The van der Waals surface area contributed by atoms with Crippen molar-refractivity contribution >= 4 is 6.03 Å². The first-order chi connectivity index (χ1) is 13.5. The molecule has 1 aromatic carbocycles. The number of rotatable bonds is 6. The largest absolute Gasteiger partial charge is 0.504 e. The van der Waals surface area contributed by atoms with Gasteiger partial charge in [0.1, 0.15) is 0 Å². The van der Waals surface area contributed by atoms with Gasteiger partial charge in [-0.3, -0.25) is 9.88 Å². The molecule has 2 aromatic rings. The van der Waals surface area contributed by atoms with Gasteiger partial charge < -0.3 is 20.1 Å². The Morgan fingerprint density at radius 1 is 1.32 bits per heavy atom. The fourth-order valence-corrected chi connectivity index (χ4v) is 3.42. The van der Waals surface area contributed by atoms with E-state index in [1.807, 2.05) is 30.5 Å². The average Bonchev–Trinajstić information content (AvgIpc) is 2.70. The van der Waals surface area contributed by atoms with E-state index >= 15 is 0 Å². The van der Waals surface area contributed by atoms with Crippen LogP contribution in [-0.2, 0) is 13.1 Å². The number of phenols is 1. The Morgan fingerprint density at radius 2 is 2.11 bits per heavy atom. The minimum absolute atomic E-state index is 0.0779. The number of hydrogen-bond acceptors (Lipinski definition) is 5. The van der Waals surface area contributed by atoms with Crippen LogP contribution in [0.15, 0.2) is 42.6 Å². The van der Waals surface area contributed by atoms with Crippen LogP contribution in [0.1, 0.15) is 24.1 Å². The van der Waals surface area contributed by atoms with E-state index in [2.05, 4.69) is 15.2 Å². The van der Waals surface area contributed by atoms with Crippen LogP contribution in [-0.4, -0.2) is 59.2 Å². The number of hydrogen-bond donors (Lipinski definition) is 2. The molecule has 1 aromatic heterocycles. The van der Waals surface area contributed by atoms with Gasteiger partial charge in [0.25, 0.3) is 0 Å². The summed E-state index contributed by atoms with van der Waals surface area (Å²) in [4.78, 5) is 20.9. The van der Waals surface area contributed by atoms with E-state index in [1.165, 1.54) is 7.11 Å². The lowest BCUT2D eigenvalue weighted by Gasteiger charge is -2.33. The maximum atomic E-state index is 12.5. The quantitative estimate of drug-likeness (QED) is 0.801. The van der Waals surface area contributed by atoms with E-state index in [4.69, 9.17) is 4.74 Å². The smallest absolute Gasteiger partial charge is 0.317 e. The number of nitrogens with one attached hydrogen (secondary N) is 1. The topological polar surface area (TPSA) is 77.9 Å². The summed E-state index contributed by atoms with van der Waals surface area (Å²) in [6.45, 7) is 3.15. The van der Waals surface area contributed by atoms with Crippen LogP contribution in [0.4, 0.5) is 4.79 Å². The maximum absolute atomic E-state index is 12.5. The van der Waals surface area contributed by atoms with Crippen LogP contribution in [0.5, 0.6) is 11.5 Å². The van der Waals surface area contributed by atoms with Crippen LogP contribution < -0.4 is 10.1 Å². The normalized spacial score (nSPS) is 15.2. The van der Waals surface area contributed by atoms with E-state index in [9.17, 15) is 9.90 Å². The summed E-state index contributed by atoms with van der Waals surface area (Å²) in [6.07, 6.45) is 3.67. The van der Waals surface area contributed by atoms with E-state index in [-0.39, 0.29) is 17.8 Å². The second-order valence-electron chi connectivity index (χ2n) is 7.18. The molecular formula is C21H28N4O3. The third kappa shape index (κ3) is 5.36. The van der Waals surface area contributed by atoms with Crippen molar-refractivity contribution in [3.63, 3.8) is 0 Å². The van der Waals surface area contributed by atoms with Crippen LogP contribution in [0.3, 0.4) is 0 Å². The molecule has 3 rings (SSSR count). The third-order valence-corrected chi connectivity index (χ3v) is 5.04. The molecule has 2 N–H and O–H groups in total. The molecule has 1 aliphatic heterocycles. The first-order valence-electron chi connectivity index (χ1n) is 9.55. The van der Waals surface area contributed by atoms with Gasteiger partial charge in [-0.2, -0.15) is 0 Å². The van der Waals surface area contributed by atoms with Gasteiger partial charge in [0.05, 0.1) is 12.8 Å². The third-order valence-electron chi connectivity index (χ3n) is 5.04. The van der Waals surface area contributed by atoms with Gasteiger partial charge in [-0.1, -0.05) is 12.1 Å². The summed E-state index contributed by atoms with van der Waals surface area (Å²) in [6, 6.07) is 11.2. The zero-order valence-corrected chi connectivity index (χ0v) is 16.5. The lowest BCUT2D eigenvalue weighted by atomic mass is 10.0. The Kier molecular flexibility index (Phi) is 6.71. The molecule has 0 saturated carbocycles. The fraction of sp³-hybridized carbons (Fsp3) is 0.429. The molecular weight excluding hydrogens is 356 g/mol. The maximum Gasteiger partial charge on any atom is 0.317 e. The van der Waals surface area contributed by atoms with Crippen molar-refractivity contribution in [3.8, 4) is 11.5 Å². The number of nitrogens with zero attached hydrogens (tertiary/aromatic N) is 3. The average molecular weight is 384 g/mol. The van der Waals surface area contributed by atoms with E-state index in [0.717, 1.165) is 43.7 Å². The van der Waals surface area contributed by atoms with Crippen molar-refractivity contribution in [2.75, 3.05) is 27.2 Å². The zero-order chi connectivity index (χ0) is 19.9. The summed E-state index contributed by atoms with van der Waals surface area (Å²) >= 11 is 0. The van der Waals surface area contributed by atoms with Crippen LogP contribution in [0.25, 0.3) is 0 Å². The van der Waals surface area contributed by atoms with Gasteiger partial charge in [-0.15, -0.1) is 0 Å². The second kappa shape index (κ2) is 9.41. The number of pyridine rings is 1. The molecule has 0 radical (unpaired) electrons. The number of piperidine rings is 1. The number of likely N-dealkylation sites (tertiary alicyclic amines) is 1. The molecule has 0 bridgehead atoms. The summed E-state index contributed by atoms with van der Waals surface area (Å²) in [5, 5.41) is 13.0. The van der Waals surface area contributed by atoms with Crippen LogP contribution >= 0.6 is 0 Å². The summed E-state index contributed by atoms with van der Waals surface area (Å²) < 4.78 is 5.05. The molecule has 0 atom stereocenters. The second-order valence-corrected chi connectivity index (χ2v) is 7.18. The molecule has 2 amide bonds. The molecule has 1 fully saturated rings. The molecule has 1 aliphatic rings. The predicted octanol–water partition coefficient (Wildman–Crippen LogP) is 2.60. The first-order valence-corrected chi connectivity index (χ1v) is 9.55.